The van der Waals surface area contributed by atoms with Crippen LogP contribution < -0.4 is 0 Å². The van der Waals surface area contributed by atoms with Crippen LogP contribution in [0.15, 0.2) is 0 Å². The van der Waals surface area contributed by atoms with Crippen LogP contribution in [0, 0.1) is 0 Å². The SMILES string of the molecule is COCC(SCCCO)C(=O)O. The minimum atomic E-state index is -0.861. The van der Waals surface area contributed by atoms with Gasteiger partial charge >= 0.3 is 5.97 Å². The van der Waals surface area contributed by atoms with E-state index in [0.29, 0.717) is 12.2 Å². The number of aliphatic hydroxyl groups is 1. The molecule has 0 saturated carbocycles. The van der Waals surface area contributed by atoms with Gasteiger partial charge in [-0.1, -0.05) is 0 Å². The van der Waals surface area contributed by atoms with E-state index < -0.39 is 11.2 Å². The number of aliphatic carboxylic acids is 1. The van der Waals surface area contributed by atoms with Gasteiger partial charge in [-0.05, 0) is 12.2 Å². The van der Waals surface area contributed by atoms with Crippen molar-refractivity contribution in [2.75, 3.05) is 26.1 Å². The predicted molar refractivity (Wildman–Crippen MR) is 47.5 cm³/mol. The maximum Gasteiger partial charge on any atom is 0.319 e. The molecule has 0 aromatic rings. The molecule has 2 N–H and O–H groups in total. The lowest BCUT2D eigenvalue weighted by atomic mass is 10.4. The molecule has 0 bridgehead atoms. The highest BCUT2D eigenvalue weighted by Gasteiger charge is 2.16. The molecule has 0 heterocycles. The number of carbonyl (C=O) groups is 1. The van der Waals surface area contributed by atoms with E-state index in [9.17, 15) is 4.79 Å². The first kappa shape index (κ1) is 11.7. The van der Waals surface area contributed by atoms with Crippen molar-refractivity contribution in [1.29, 1.82) is 0 Å². The van der Waals surface area contributed by atoms with Crippen molar-refractivity contribution in [2.45, 2.75) is 11.7 Å². The van der Waals surface area contributed by atoms with Crippen molar-refractivity contribution in [2.24, 2.45) is 0 Å². The Bertz CT molecular complexity index is 129. The second kappa shape index (κ2) is 7.39. The van der Waals surface area contributed by atoms with Gasteiger partial charge in [-0.25, -0.2) is 0 Å². The number of rotatable bonds is 7. The van der Waals surface area contributed by atoms with Crippen molar-refractivity contribution in [3.63, 3.8) is 0 Å². The number of thioether (sulfide) groups is 1. The number of methoxy groups -OCH3 is 1. The molecule has 0 aliphatic rings. The van der Waals surface area contributed by atoms with Gasteiger partial charge in [-0.2, -0.15) is 0 Å². The van der Waals surface area contributed by atoms with Crippen LogP contribution in [0.5, 0.6) is 0 Å². The Morgan fingerprint density at radius 2 is 2.33 bits per heavy atom. The molecule has 1 unspecified atom stereocenters. The second-order valence-electron chi connectivity index (χ2n) is 2.23. The lowest BCUT2D eigenvalue weighted by Crippen LogP contribution is -2.22. The molecule has 0 saturated heterocycles. The zero-order valence-corrected chi connectivity index (χ0v) is 7.84. The molecule has 0 spiro atoms. The van der Waals surface area contributed by atoms with Gasteiger partial charge < -0.3 is 14.9 Å². The van der Waals surface area contributed by atoms with E-state index in [2.05, 4.69) is 0 Å². The fraction of sp³-hybridized carbons (Fsp3) is 0.857. The maximum atomic E-state index is 10.5. The smallest absolute Gasteiger partial charge is 0.319 e. The Morgan fingerprint density at radius 1 is 1.67 bits per heavy atom. The van der Waals surface area contributed by atoms with Gasteiger partial charge in [0.1, 0.15) is 5.25 Å². The van der Waals surface area contributed by atoms with Crippen LogP contribution in [0.25, 0.3) is 0 Å². The van der Waals surface area contributed by atoms with Crippen molar-refractivity contribution < 1.29 is 19.7 Å². The minimum Gasteiger partial charge on any atom is -0.480 e. The molecular formula is C7H14O4S. The summed E-state index contributed by atoms with van der Waals surface area (Å²) in [6.07, 6.45) is 0.623. The summed E-state index contributed by atoms with van der Waals surface area (Å²) >= 11 is 1.29. The molecule has 5 heteroatoms. The van der Waals surface area contributed by atoms with Crippen LogP contribution in [-0.4, -0.2) is 47.5 Å². The molecule has 72 valence electrons. The number of ether oxygens (including phenoxy) is 1. The monoisotopic (exact) mass is 194 g/mol. The molecule has 0 aliphatic heterocycles. The van der Waals surface area contributed by atoms with Crippen LogP contribution >= 0.6 is 11.8 Å². The molecule has 4 nitrogen and oxygen atoms in total. The zero-order chi connectivity index (χ0) is 9.40. The molecule has 0 fully saturated rings. The highest BCUT2D eigenvalue weighted by molar-refractivity contribution is 8.00. The number of carboxylic acid groups (broad SMARTS) is 1. The van der Waals surface area contributed by atoms with E-state index in [1.54, 1.807) is 0 Å². The molecule has 1 atom stereocenters. The Morgan fingerprint density at radius 3 is 2.75 bits per heavy atom. The van der Waals surface area contributed by atoms with Gasteiger partial charge in [0.25, 0.3) is 0 Å². The third kappa shape index (κ3) is 5.40. The third-order valence-electron chi connectivity index (χ3n) is 1.21. The van der Waals surface area contributed by atoms with E-state index in [1.165, 1.54) is 18.9 Å². The largest absolute Gasteiger partial charge is 0.480 e. The van der Waals surface area contributed by atoms with Gasteiger partial charge in [0.2, 0.25) is 0 Å². The highest BCUT2D eigenvalue weighted by Crippen LogP contribution is 2.12. The Hall–Kier alpha value is -0.260. The van der Waals surface area contributed by atoms with Crippen LogP contribution in [-0.2, 0) is 9.53 Å². The summed E-state index contributed by atoms with van der Waals surface area (Å²) in [5.41, 5.74) is 0. The zero-order valence-electron chi connectivity index (χ0n) is 7.02. The van der Waals surface area contributed by atoms with E-state index >= 15 is 0 Å². The van der Waals surface area contributed by atoms with Crippen molar-refractivity contribution in [1.82, 2.24) is 0 Å². The first-order valence-electron chi connectivity index (χ1n) is 3.66. The summed E-state index contributed by atoms with van der Waals surface area (Å²) < 4.78 is 4.73. The summed E-state index contributed by atoms with van der Waals surface area (Å²) in [4.78, 5) is 10.5. The van der Waals surface area contributed by atoms with Crippen molar-refractivity contribution in [3.05, 3.63) is 0 Å². The Balaban J connectivity index is 3.56. The molecule has 0 rings (SSSR count). The minimum absolute atomic E-state index is 0.103. The Labute approximate surface area is 75.9 Å². The van der Waals surface area contributed by atoms with Gasteiger partial charge in [0, 0.05) is 13.7 Å². The third-order valence-corrected chi connectivity index (χ3v) is 2.48. The van der Waals surface area contributed by atoms with Gasteiger partial charge in [0.15, 0.2) is 0 Å². The summed E-state index contributed by atoms with van der Waals surface area (Å²) in [6.45, 7) is 0.317. The van der Waals surface area contributed by atoms with Crippen molar-refractivity contribution in [3.8, 4) is 0 Å². The lowest BCUT2D eigenvalue weighted by molar-refractivity contribution is -0.137. The second-order valence-corrected chi connectivity index (χ2v) is 3.54. The number of hydrogen-bond acceptors (Lipinski definition) is 4. The first-order valence-corrected chi connectivity index (χ1v) is 4.71. The fourth-order valence-corrected chi connectivity index (χ4v) is 1.59. The summed E-state index contributed by atoms with van der Waals surface area (Å²) in [6, 6.07) is 0. The Kier molecular flexibility index (Phi) is 7.23. The maximum absolute atomic E-state index is 10.5. The molecule has 0 aromatic heterocycles. The topological polar surface area (TPSA) is 66.8 Å². The van der Waals surface area contributed by atoms with E-state index in [0.717, 1.165) is 0 Å². The lowest BCUT2D eigenvalue weighted by Gasteiger charge is -2.09. The first-order chi connectivity index (χ1) is 5.72. The van der Waals surface area contributed by atoms with Crippen LogP contribution in [0.3, 0.4) is 0 Å². The highest BCUT2D eigenvalue weighted by atomic mass is 32.2. The average Bonchev–Trinajstić information content (AvgIpc) is 2.03. The van der Waals surface area contributed by atoms with E-state index in [1.807, 2.05) is 0 Å². The average molecular weight is 194 g/mol. The summed E-state index contributed by atoms with van der Waals surface area (Å²) in [5, 5.41) is 16.6. The molecular weight excluding hydrogens is 180 g/mol. The molecule has 0 aromatic carbocycles. The van der Waals surface area contributed by atoms with E-state index in [4.69, 9.17) is 14.9 Å². The normalized spacial score (nSPS) is 12.8. The number of carboxylic acids is 1. The number of hydrogen-bond donors (Lipinski definition) is 2. The molecule has 0 aliphatic carbocycles. The molecule has 0 amide bonds. The van der Waals surface area contributed by atoms with Gasteiger partial charge in [-0.15, -0.1) is 11.8 Å². The van der Waals surface area contributed by atoms with E-state index in [-0.39, 0.29) is 13.2 Å². The van der Waals surface area contributed by atoms with Crippen LogP contribution in [0.4, 0.5) is 0 Å². The van der Waals surface area contributed by atoms with Crippen molar-refractivity contribution >= 4 is 17.7 Å². The standard InChI is InChI=1S/C7H14O4S/c1-11-5-6(7(9)10)12-4-2-3-8/h6,8H,2-5H2,1H3,(H,9,10). The van der Waals surface area contributed by atoms with Gasteiger partial charge in [0.05, 0.1) is 6.61 Å². The van der Waals surface area contributed by atoms with Crippen LogP contribution in [0.1, 0.15) is 6.42 Å². The quantitative estimate of drug-likeness (QED) is 0.567. The molecule has 0 radical (unpaired) electrons. The van der Waals surface area contributed by atoms with Crippen LogP contribution in [0.2, 0.25) is 0 Å². The summed E-state index contributed by atoms with van der Waals surface area (Å²) in [7, 11) is 1.47. The molecule has 12 heavy (non-hydrogen) atoms. The summed E-state index contributed by atoms with van der Waals surface area (Å²) in [5.74, 6) is -0.212. The predicted octanol–water partition coefficient (Wildman–Crippen LogP) is 0.202. The fourth-order valence-electron chi connectivity index (χ4n) is 0.632. The van der Waals surface area contributed by atoms with Gasteiger partial charge in [-0.3, -0.25) is 4.79 Å². The number of aliphatic hydroxyl groups excluding tert-OH is 1.